The van der Waals surface area contributed by atoms with Gasteiger partial charge in [0, 0.05) is 4.47 Å². The number of benzene rings is 1. The van der Waals surface area contributed by atoms with Crippen LogP contribution in [0.4, 0.5) is 0 Å². The Labute approximate surface area is 127 Å². The first-order chi connectivity index (χ1) is 9.11. The number of hydrogen-bond donors (Lipinski definition) is 0. The van der Waals surface area contributed by atoms with E-state index in [2.05, 4.69) is 15.9 Å². The molecule has 0 aliphatic heterocycles. The molecule has 0 saturated carbocycles. The van der Waals surface area contributed by atoms with Crippen molar-refractivity contribution in [1.82, 2.24) is 0 Å². The zero-order chi connectivity index (χ0) is 13.8. The number of Topliss-reactive ketones (excluding diaryl/α,β-unsaturated/α-hetero) is 1. The van der Waals surface area contributed by atoms with E-state index in [9.17, 15) is 4.79 Å². The number of hydrogen-bond acceptors (Lipinski definition) is 4. The molecule has 0 aliphatic rings. The van der Waals surface area contributed by atoms with E-state index in [-0.39, 0.29) is 12.4 Å². The summed E-state index contributed by atoms with van der Waals surface area (Å²) in [6.45, 7) is -0.0925. The first-order valence-electron chi connectivity index (χ1n) is 5.20. The van der Waals surface area contributed by atoms with Crippen molar-refractivity contribution in [2.24, 2.45) is 0 Å². The lowest BCUT2D eigenvalue weighted by Gasteiger charge is -2.07. The predicted molar refractivity (Wildman–Crippen MR) is 78.0 cm³/mol. The van der Waals surface area contributed by atoms with Gasteiger partial charge in [0.2, 0.25) is 5.78 Å². The molecule has 1 heterocycles. The summed E-state index contributed by atoms with van der Waals surface area (Å²) >= 11 is 10.6. The van der Waals surface area contributed by atoms with Gasteiger partial charge in [0.1, 0.15) is 5.75 Å². The lowest BCUT2D eigenvalue weighted by atomic mass is 10.2. The van der Waals surface area contributed by atoms with Gasteiger partial charge < -0.3 is 4.74 Å². The molecule has 0 bridgehead atoms. The lowest BCUT2D eigenvalue weighted by Crippen LogP contribution is -2.10. The maximum atomic E-state index is 11.9. The molecule has 0 N–H and O–H groups in total. The van der Waals surface area contributed by atoms with E-state index < -0.39 is 0 Å². The molecule has 96 valence electrons. The van der Waals surface area contributed by atoms with Crippen LogP contribution in [0.1, 0.15) is 15.2 Å². The first-order valence-corrected chi connectivity index (χ1v) is 7.25. The topological polar surface area (TPSA) is 50.1 Å². The Kier molecular flexibility index (Phi) is 4.59. The number of nitriles is 1. The third-order valence-corrected chi connectivity index (χ3v) is 4.46. The number of thiophene rings is 1. The third kappa shape index (κ3) is 3.35. The third-order valence-electron chi connectivity index (χ3n) is 2.29. The number of ketones is 1. The van der Waals surface area contributed by atoms with Gasteiger partial charge in [-0.05, 0) is 45.6 Å². The van der Waals surface area contributed by atoms with Gasteiger partial charge in [-0.2, -0.15) is 5.26 Å². The fourth-order valence-electron chi connectivity index (χ4n) is 1.39. The minimum Gasteiger partial charge on any atom is -0.484 e. The molecule has 3 nitrogen and oxygen atoms in total. The van der Waals surface area contributed by atoms with Crippen molar-refractivity contribution in [2.45, 2.75) is 0 Å². The van der Waals surface area contributed by atoms with Crippen molar-refractivity contribution in [1.29, 1.82) is 5.26 Å². The fourth-order valence-corrected chi connectivity index (χ4v) is 3.14. The van der Waals surface area contributed by atoms with E-state index in [1.165, 1.54) is 17.4 Å². The number of carbonyl (C=O) groups is 1. The zero-order valence-corrected chi connectivity index (χ0v) is 12.7. The number of nitrogens with zero attached hydrogens (tertiary/aromatic N) is 1. The second-order valence-electron chi connectivity index (χ2n) is 3.57. The number of ether oxygens (including phenoxy) is 1. The summed E-state index contributed by atoms with van der Waals surface area (Å²) in [5, 5.41) is 10.9. The second kappa shape index (κ2) is 6.20. The molecule has 0 amide bonds. The van der Waals surface area contributed by atoms with E-state index in [1.54, 1.807) is 12.1 Å². The van der Waals surface area contributed by atoms with E-state index in [0.29, 0.717) is 21.2 Å². The van der Waals surface area contributed by atoms with Crippen molar-refractivity contribution in [2.75, 3.05) is 6.61 Å². The quantitative estimate of drug-likeness (QED) is 0.768. The van der Waals surface area contributed by atoms with Crippen LogP contribution in [0.15, 0.2) is 34.1 Å². The molecule has 6 heteroatoms. The van der Waals surface area contributed by atoms with E-state index in [0.717, 1.165) is 4.47 Å². The number of halogens is 2. The van der Waals surface area contributed by atoms with E-state index in [1.807, 2.05) is 17.5 Å². The molecule has 2 rings (SSSR count). The van der Waals surface area contributed by atoms with E-state index >= 15 is 0 Å². The molecule has 1 aromatic carbocycles. The lowest BCUT2D eigenvalue weighted by molar-refractivity contribution is 0.0925. The Balaban J connectivity index is 2.06. The average molecular weight is 357 g/mol. The van der Waals surface area contributed by atoms with Gasteiger partial charge in [-0.15, -0.1) is 11.3 Å². The molecule has 0 aliphatic carbocycles. The standard InChI is InChI=1S/C13H7BrClNO2S/c14-9-3-4-19-13(9)11(17)7-18-12-2-1-8(6-16)5-10(12)15/h1-5H,7H2. The molecule has 0 radical (unpaired) electrons. The van der Waals surface area contributed by atoms with Gasteiger partial charge in [0.25, 0.3) is 0 Å². The van der Waals surface area contributed by atoms with Gasteiger partial charge >= 0.3 is 0 Å². The van der Waals surface area contributed by atoms with Crippen LogP contribution in [-0.2, 0) is 0 Å². The predicted octanol–water partition coefficient (Wildman–Crippen LogP) is 4.30. The van der Waals surface area contributed by atoms with Gasteiger partial charge in [-0.25, -0.2) is 0 Å². The molecule has 19 heavy (non-hydrogen) atoms. The molecule has 0 fully saturated rings. The summed E-state index contributed by atoms with van der Waals surface area (Å²) in [6.07, 6.45) is 0. The summed E-state index contributed by atoms with van der Waals surface area (Å²) in [5.41, 5.74) is 0.449. The highest BCUT2D eigenvalue weighted by molar-refractivity contribution is 9.10. The summed E-state index contributed by atoms with van der Waals surface area (Å²) in [7, 11) is 0. The average Bonchev–Trinajstić information content (AvgIpc) is 2.83. The van der Waals surface area contributed by atoms with Crippen LogP contribution < -0.4 is 4.74 Å². The molecule has 0 saturated heterocycles. The largest absolute Gasteiger partial charge is 0.484 e. The molecule has 0 spiro atoms. The van der Waals surface area contributed by atoms with Crippen LogP contribution in [0, 0.1) is 11.3 Å². The molecule has 2 aromatic rings. The van der Waals surface area contributed by atoms with Crippen LogP contribution in [-0.4, -0.2) is 12.4 Å². The Bertz CT molecular complexity index is 663. The van der Waals surface area contributed by atoms with Crippen LogP contribution in [0.25, 0.3) is 0 Å². The summed E-state index contributed by atoms with van der Waals surface area (Å²) in [6, 6.07) is 8.46. The fraction of sp³-hybridized carbons (Fsp3) is 0.0769. The maximum Gasteiger partial charge on any atom is 0.211 e. The second-order valence-corrected chi connectivity index (χ2v) is 5.74. The van der Waals surface area contributed by atoms with Crippen molar-refractivity contribution >= 4 is 44.7 Å². The highest BCUT2D eigenvalue weighted by Gasteiger charge is 2.13. The van der Waals surface area contributed by atoms with Crippen LogP contribution in [0.2, 0.25) is 5.02 Å². The number of carbonyl (C=O) groups excluding carboxylic acids is 1. The maximum absolute atomic E-state index is 11.9. The summed E-state index contributed by atoms with van der Waals surface area (Å²) in [5.74, 6) is 0.268. The molecular formula is C13H7BrClNO2S. The molecule has 0 unspecified atom stereocenters. The van der Waals surface area contributed by atoms with Crippen LogP contribution >= 0.6 is 38.9 Å². The Morgan fingerprint density at radius 1 is 1.47 bits per heavy atom. The van der Waals surface area contributed by atoms with E-state index in [4.69, 9.17) is 21.6 Å². The highest BCUT2D eigenvalue weighted by atomic mass is 79.9. The minimum atomic E-state index is -0.123. The Hall–Kier alpha value is -1.35. The van der Waals surface area contributed by atoms with Gasteiger partial charge in [-0.1, -0.05) is 11.6 Å². The van der Waals surface area contributed by atoms with Crippen molar-refractivity contribution in [3.05, 3.63) is 49.6 Å². The van der Waals surface area contributed by atoms with Crippen molar-refractivity contribution in [3.63, 3.8) is 0 Å². The molecule has 1 aromatic heterocycles. The van der Waals surface area contributed by atoms with Crippen LogP contribution in [0.5, 0.6) is 5.75 Å². The van der Waals surface area contributed by atoms with Crippen molar-refractivity contribution < 1.29 is 9.53 Å². The normalized spacial score (nSPS) is 9.95. The van der Waals surface area contributed by atoms with Gasteiger partial charge in [0.15, 0.2) is 6.61 Å². The van der Waals surface area contributed by atoms with Gasteiger partial charge in [-0.3, -0.25) is 4.79 Å². The summed E-state index contributed by atoms with van der Waals surface area (Å²) in [4.78, 5) is 12.5. The summed E-state index contributed by atoms with van der Waals surface area (Å²) < 4.78 is 6.13. The zero-order valence-electron chi connectivity index (χ0n) is 9.52. The monoisotopic (exact) mass is 355 g/mol. The number of rotatable bonds is 4. The van der Waals surface area contributed by atoms with Gasteiger partial charge in [0.05, 0.1) is 21.5 Å². The smallest absolute Gasteiger partial charge is 0.211 e. The molecule has 0 atom stereocenters. The Morgan fingerprint density at radius 3 is 2.84 bits per heavy atom. The van der Waals surface area contributed by atoms with Crippen LogP contribution in [0.3, 0.4) is 0 Å². The first kappa shape index (κ1) is 14.1. The van der Waals surface area contributed by atoms with Crippen molar-refractivity contribution in [3.8, 4) is 11.8 Å². The minimum absolute atomic E-state index is 0.0925. The SMILES string of the molecule is N#Cc1ccc(OCC(=O)c2sccc2Br)c(Cl)c1. The molecular weight excluding hydrogens is 350 g/mol. The Morgan fingerprint density at radius 2 is 2.26 bits per heavy atom. The highest BCUT2D eigenvalue weighted by Crippen LogP contribution is 2.27.